The molecular weight excluding hydrogens is 561 g/mol. The monoisotopic (exact) mass is 594 g/mol. The second-order valence-electron chi connectivity index (χ2n) is 12.7. The van der Waals surface area contributed by atoms with Crippen molar-refractivity contribution in [3.63, 3.8) is 0 Å². The van der Waals surface area contributed by atoms with Gasteiger partial charge in [-0.1, -0.05) is 6.07 Å². The van der Waals surface area contributed by atoms with Gasteiger partial charge in [0.15, 0.2) is 0 Å². The zero-order chi connectivity index (χ0) is 30.7. The van der Waals surface area contributed by atoms with Gasteiger partial charge in [-0.2, -0.15) is 28.2 Å². The number of halogens is 3. The molecule has 9 nitrogen and oxygen atoms in total. The van der Waals surface area contributed by atoms with Crippen LogP contribution in [0.3, 0.4) is 0 Å². The number of carbonyl (C=O) groups excluding carboxylic acids is 2. The molecule has 3 heterocycles. The molecule has 1 aromatic carbocycles. The molecule has 43 heavy (non-hydrogen) atoms. The van der Waals surface area contributed by atoms with Gasteiger partial charge < -0.3 is 14.5 Å². The average molecular weight is 595 g/mol. The Morgan fingerprint density at radius 2 is 1.84 bits per heavy atom. The minimum atomic E-state index is -4.55. The molecule has 1 amide bonds. The lowest BCUT2D eigenvalue weighted by Gasteiger charge is -2.42. The number of nitrogens with zero attached hydrogens (tertiary/aromatic N) is 6. The first-order valence-corrected chi connectivity index (χ1v) is 14.6. The van der Waals surface area contributed by atoms with E-state index in [2.05, 4.69) is 11.2 Å². The Morgan fingerprint density at radius 1 is 1.09 bits per heavy atom. The molecule has 1 aliphatic heterocycles. The Balaban J connectivity index is 1.31. The largest absolute Gasteiger partial charge is 0.442 e. The summed E-state index contributed by atoms with van der Waals surface area (Å²) in [6, 6.07) is 9.37. The number of piperazine rings is 1. The van der Waals surface area contributed by atoms with Crippen LogP contribution in [0, 0.1) is 17.2 Å². The van der Waals surface area contributed by atoms with Gasteiger partial charge in [0, 0.05) is 36.5 Å². The Hall–Kier alpha value is -4.14. The van der Waals surface area contributed by atoms with Crippen molar-refractivity contribution in [2.75, 3.05) is 24.5 Å². The number of anilines is 1. The summed E-state index contributed by atoms with van der Waals surface area (Å²) >= 11 is 0. The van der Waals surface area contributed by atoms with Crippen LogP contribution >= 0.6 is 0 Å². The Bertz CT molecular complexity index is 1630. The number of benzene rings is 1. The van der Waals surface area contributed by atoms with Gasteiger partial charge in [0.05, 0.1) is 29.0 Å². The zero-order valence-corrected chi connectivity index (χ0v) is 24.3. The van der Waals surface area contributed by atoms with E-state index in [-0.39, 0.29) is 24.4 Å². The van der Waals surface area contributed by atoms with E-state index in [0.717, 1.165) is 47.9 Å². The van der Waals surface area contributed by atoms with E-state index in [4.69, 9.17) is 9.72 Å². The van der Waals surface area contributed by atoms with Crippen molar-refractivity contribution in [3.8, 4) is 17.2 Å². The van der Waals surface area contributed by atoms with Crippen molar-refractivity contribution < 1.29 is 27.5 Å². The van der Waals surface area contributed by atoms with E-state index in [0.29, 0.717) is 30.0 Å². The van der Waals surface area contributed by atoms with Crippen LogP contribution in [0.4, 0.5) is 23.8 Å². The first kappa shape index (κ1) is 29.0. The van der Waals surface area contributed by atoms with Crippen LogP contribution in [-0.4, -0.2) is 69.1 Å². The summed E-state index contributed by atoms with van der Waals surface area (Å²) in [5.41, 5.74) is 2.83. The minimum absolute atomic E-state index is 0.154. The highest BCUT2D eigenvalue weighted by atomic mass is 19.4. The quantitative estimate of drug-likeness (QED) is 0.356. The molecule has 12 heteroatoms. The summed E-state index contributed by atoms with van der Waals surface area (Å²) in [6.07, 6.45) is -1.31. The molecule has 3 fully saturated rings. The smallest absolute Gasteiger partial charge is 0.435 e. The lowest BCUT2D eigenvalue weighted by molar-refractivity contribution is -0.163. The Morgan fingerprint density at radius 3 is 2.47 bits per heavy atom. The number of carbonyl (C=O) groups is 2. The molecule has 0 radical (unpaired) electrons. The topological polar surface area (TPSA) is 104 Å². The number of nitriles is 1. The molecule has 2 aliphatic carbocycles. The second kappa shape index (κ2) is 10.5. The molecule has 0 N–H and O–H groups in total. The minimum Gasteiger partial charge on any atom is -0.442 e. The SMILES string of the molecule is CC(C)(C)OC(=O)n1ncc2cc(-c3cc(C#N)c(N4CCN(C(=O)CC(F)(F)F)C(C5CC5)C4)nc3C3CC3)ccc21. The molecule has 226 valence electrons. The Labute approximate surface area is 247 Å². The molecule has 1 atom stereocenters. The summed E-state index contributed by atoms with van der Waals surface area (Å²) in [5, 5.41) is 15.1. The van der Waals surface area contributed by atoms with Crippen LogP contribution in [0.1, 0.15) is 70.1 Å². The number of alkyl halides is 3. The number of hydrogen-bond donors (Lipinski definition) is 0. The number of amides is 1. The number of pyridine rings is 1. The summed E-state index contributed by atoms with van der Waals surface area (Å²) < 4.78 is 45.7. The molecule has 3 aliphatic rings. The summed E-state index contributed by atoms with van der Waals surface area (Å²) in [5.74, 6) is 0.00837. The Kier molecular flexibility index (Phi) is 7.10. The second-order valence-corrected chi connectivity index (χ2v) is 12.7. The van der Waals surface area contributed by atoms with E-state index in [1.165, 1.54) is 9.58 Å². The lowest BCUT2D eigenvalue weighted by atomic mass is 9.97. The molecular formula is C31H33F3N6O3. The standard InChI is InChI=1S/C31H33F3N6O3/c1-30(2,3)43-29(42)40-24-9-8-20(12-22(24)16-36-40)23-13-21(15-35)28(37-27(23)19-6-7-19)38-10-11-39(25(17-38)18-4-5-18)26(41)14-31(32,33)34/h8-9,12-13,16,18-19,25H,4-7,10-11,14,17H2,1-3H3. The number of aromatic nitrogens is 3. The molecule has 2 saturated carbocycles. The van der Waals surface area contributed by atoms with E-state index >= 15 is 0 Å². The van der Waals surface area contributed by atoms with Crippen molar-refractivity contribution in [2.24, 2.45) is 5.92 Å². The van der Waals surface area contributed by atoms with Crippen LogP contribution in [-0.2, 0) is 9.53 Å². The van der Waals surface area contributed by atoms with Crippen LogP contribution in [0.2, 0.25) is 0 Å². The fourth-order valence-electron chi connectivity index (χ4n) is 5.86. The third kappa shape index (κ3) is 6.17. The van der Waals surface area contributed by atoms with Crippen LogP contribution in [0.15, 0.2) is 30.5 Å². The fraction of sp³-hybridized carbons (Fsp3) is 0.516. The fourth-order valence-corrected chi connectivity index (χ4v) is 5.86. The van der Waals surface area contributed by atoms with E-state index in [1.807, 2.05) is 23.1 Å². The van der Waals surface area contributed by atoms with Gasteiger partial charge in [-0.15, -0.1) is 0 Å². The molecule has 2 aromatic heterocycles. The maximum absolute atomic E-state index is 13.0. The van der Waals surface area contributed by atoms with Gasteiger partial charge in [-0.3, -0.25) is 4.79 Å². The molecule has 6 rings (SSSR count). The van der Waals surface area contributed by atoms with Crippen molar-refractivity contribution in [3.05, 3.63) is 41.7 Å². The molecule has 0 bridgehead atoms. The molecule has 0 spiro atoms. The van der Waals surface area contributed by atoms with E-state index in [1.54, 1.807) is 33.0 Å². The van der Waals surface area contributed by atoms with Crippen molar-refractivity contribution in [2.45, 2.75) is 76.6 Å². The predicted octanol–water partition coefficient (Wildman–Crippen LogP) is 6.01. The van der Waals surface area contributed by atoms with Crippen LogP contribution in [0.25, 0.3) is 22.0 Å². The first-order chi connectivity index (χ1) is 20.3. The molecule has 1 unspecified atom stereocenters. The lowest BCUT2D eigenvalue weighted by Crippen LogP contribution is -2.57. The number of rotatable bonds is 5. The van der Waals surface area contributed by atoms with Gasteiger partial charge in [-0.25, -0.2) is 9.78 Å². The highest BCUT2D eigenvalue weighted by Crippen LogP contribution is 2.46. The molecule has 3 aromatic rings. The van der Waals surface area contributed by atoms with Gasteiger partial charge in [-0.05, 0) is 76.1 Å². The highest BCUT2D eigenvalue weighted by molar-refractivity contribution is 5.91. The van der Waals surface area contributed by atoms with E-state index < -0.39 is 30.2 Å². The summed E-state index contributed by atoms with van der Waals surface area (Å²) in [4.78, 5) is 33.6. The van der Waals surface area contributed by atoms with Crippen LogP contribution in [0.5, 0.6) is 0 Å². The van der Waals surface area contributed by atoms with Crippen LogP contribution < -0.4 is 4.90 Å². The predicted molar refractivity (Wildman–Crippen MR) is 152 cm³/mol. The number of hydrogen-bond acceptors (Lipinski definition) is 7. The van der Waals surface area contributed by atoms with Gasteiger partial charge in [0.1, 0.15) is 23.9 Å². The number of fused-ring (bicyclic) bond motifs is 1. The van der Waals surface area contributed by atoms with Gasteiger partial charge >= 0.3 is 12.3 Å². The summed E-state index contributed by atoms with van der Waals surface area (Å²) in [7, 11) is 0. The maximum atomic E-state index is 13.0. The zero-order valence-electron chi connectivity index (χ0n) is 24.3. The van der Waals surface area contributed by atoms with Crippen molar-refractivity contribution in [1.82, 2.24) is 19.7 Å². The maximum Gasteiger partial charge on any atom is 0.435 e. The van der Waals surface area contributed by atoms with E-state index in [9.17, 15) is 28.0 Å². The van der Waals surface area contributed by atoms with Gasteiger partial charge in [0.2, 0.25) is 5.91 Å². The average Bonchev–Trinajstić information content (AvgIpc) is 3.87. The first-order valence-electron chi connectivity index (χ1n) is 14.6. The summed E-state index contributed by atoms with van der Waals surface area (Å²) in [6.45, 7) is 6.16. The molecule has 1 saturated heterocycles. The normalized spacial score (nSPS) is 19.4. The van der Waals surface area contributed by atoms with Crippen molar-refractivity contribution >= 4 is 28.7 Å². The third-order valence-electron chi connectivity index (χ3n) is 8.12. The highest BCUT2D eigenvalue weighted by Gasteiger charge is 2.44. The van der Waals surface area contributed by atoms with Gasteiger partial charge in [0.25, 0.3) is 0 Å². The third-order valence-corrected chi connectivity index (χ3v) is 8.12. The van der Waals surface area contributed by atoms with Crippen molar-refractivity contribution in [1.29, 1.82) is 5.26 Å². The number of ether oxygens (including phenoxy) is 1.